The number of guanidine groups is 3. The molecule has 2 aromatic rings. The zero-order valence-electron chi connectivity index (χ0n) is 54.3. The Hall–Kier alpha value is -9.52. The van der Waals surface area contributed by atoms with Gasteiger partial charge in [-0.05, 0) is 106 Å². The molecule has 1 saturated carbocycles. The molecule has 7 rings (SSSR count). The van der Waals surface area contributed by atoms with E-state index in [1.165, 1.54) is 4.90 Å². The molecule has 3 heterocycles. The van der Waals surface area contributed by atoms with E-state index in [4.69, 9.17) is 40.1 Å². The van der Waals surface area contributed by atoms with Crippen LogP contribution in [0.3, 0.4) is 0 Å². The van der Waals surface area contributed by atoms with Crippen molar-refractivity contribution in [1.29, 1.82) is 0 Å². The molecule has 0 bridgehead atoms. The van der Waals surface area contributed by atoms with Crippen LogP contribution in [0.5, 0.6) is 0 Å². The summed E-state index contributed by atoms with van der Waals surface area (Å²) in [6.45, 7) is -2.19. The fourth-order valence-electron chi connectivity index (χ4n) is 13.6. The number of fused-ring (bicyclic) bond motifs is 2. The van der Waals surface area contributed by atoms with Crippen molar-refractivity contribution < 1.29 is 85.2 Å². The molecule has 12 atom stereocenters. The molecule has 37 heteroatoms. The number of carbonyl (C=O) groups is 10. The van der Waals surface area contributed by atoms with Crippen LogP contribution in [0.25, 0.3) is 0 Å². The molecule has 0 unspecified atom stereocenters. The van der Waals surface area contributed by atoms with Crippen LogP contribution in [0.15, 0.2) is 39.2 Å². The standard InChI is InChI=1S/C62H88F5N19O13/c63-45-34(46(64)48(66)49(67)47(45)65)25-38(57(96)86-40-15-4-3-11-31(40)23-43(86)54(93)80-37(59(98)99)14-7-19-77-62(73)74)81-52(91)39(28-87)82-55(94)50(32-21-29-9-1-2-10-30(29)22-32)83-44(89)26-78-53(92)42-24-33(88)27-85(42)58(97)41-16-8-20-84(41)56(95)36(13-6-18-76-61(71)72)79-51(90)35(68)12-5-17-75-60(69)70/h1-2,9-10,31-33,35-43,50,87-88H,3-8,11-28,68H2,(H,78,92)(H,79,90)(H,80,93)(H,81,91)(H,82,94)(H,83,89)(H,98,99)(H4,69,70,75)(H4,71,72,76)(H4,73,74,77)/t31-,33+,35+,36-,37-,38+,39-,40-,41-,42-,43-,50-/m0/s1. The molecule has 99 heavy (non-hydrogen) atoms. The van der Waals surface area contributed by atoms with Crippen molar-refractivity contribution >= 4 is 77.0 Å². The van der Waals surface area contributed by atoms with Crippen LogP contribution in [0.1, 0.15) is 107 Å². The maximum atomic E-state index is 15.6. The number of carboxylic acid groups (broad SMARTS) is 1. The van der Waals surface area contributed by atoms with Crippen molar-refractivity contribution in [2.75, 3.05) is 45.9 Å². The van der Waals surface area contributed by atoms with Gasteiger partial charge >= 0.3 is 5.97 Å². The lowest BCUT2D eigenvalue weighted by molar-refractivity contribution is -0.148. The van der Waals surface area contributed by atoms with Crippen LogP contribution in [-0.4, -0.2) is 219 Å². The first kappa shape index (κ1) is 76.8. The lowest BCUT2D eigenvalue weighted by Crippen LogP contribution is -2.62. The van der Waals surface area contributed by atoms with E-state index >= 15 is 13.6 Å². The second-order valence-corrected chi connectivity index (χ2v) is 25.4. The monoisotopic (exact) mass is 1400 g/mol. The number of hydrogen-bond acceptors (Lipinski definition) is 16. The van der Waals surface area contributed by atoms with E-state index in [1.54, 1.807) is 24.3 Å². The number of nitrogens with one attached hydrogen (secondary N) is 6. The Balaban J connectivity index is 1.08. The smallest absolute Gasteiger partial charge is 0.326 e. The van der Waals surface area contributed by atoms with Crippen LogP contribution in [0, 0.1) is 40.9 Å². The van der Waals surface area contributed by atoms with Gasteiger partial charge in [-0.25, -0.2) is 26.7 Å². The largest absolute Gasteiger partial charge is 0.480 e. The van der Waals surface area contributed by atoms with Crippen molar-refractivity contribution in [3.63, 3.8) is 0 Å². The van der Waals surface area contributed by atoms with E-state index < -0.39 is 192 Å². The number of β-amino-alcohol motifs (C(OH)–C–C–N with tert-alkyl or cyclic N) is 1. The van der Waals surface area contributed by atoms with E-state index in [2.05, 4.69) is 46.9 Å². The minimum Gasteiger partial charge on any atom is -0.480 e. The minimum atomic E-state index is -2.54. The molecule has 4 fully saturated rings. The molecule has 9 amide bonds. The maximum absolute atomic E-state index is 15.6. The minimum absolute atomic E-state index is 0.0173. The van der Waals surface area contributed by atoms with E-state index in [9.17, 15) is 71.6 Å². The van der Waals surface area contributed by atoms with Gasteiger partial charge in [-0.1, -0.05) is 37.1 Å². The SMILES string of the molecule is NC(N)=NCCC[C@@H](N)C(=O)N[C@@H](CCCN=C(N)N)C(=O)N1CCC[C@H]1C(=O)N1C[C@H](O)C[C@H]1C(=O)NCC(=O)N[C@H](C(=O)N[C@@H](CO)C(=O)N[C@H](Cc1c(F)c(F)c(F)c(F)c1F)C(=O)N1[C@H](C(=O)N[C@@H](CCCN=C(N)N)C(=O)O)C[C@@H]2CCCC[C@@H]21)C1Cc2ccccc2C1. The molecule has 3 saturated heterocycles. The molecule has 0 spiro atoms. The molecular weight excluding hydrogens is 1310 g/mol. The summed E-state index contributed by atoms with van der Waals surface area (Å²) in [5, 5.41) is 46.3. The number of aliphatic imine (C=N–C) groups is 3. The number of nitrogens with zero attached hydrogens (tertiary/aromatic N) is 6. The average molecular weight is 1400 g/mol. The number of carboxylic acids is 1. The first-order chi connectivity index (χ1) is 47.0. The van der Waals surface area contributed by atoms with Gasteiger partial charge in [0.25, 0.3) is 0 Å². The molecule has 2 aliphatic carbocycles. The number of halogens is 5. The lowest BCUT2D eigenvalue weighted by atomic mass is 9.84. The molecule has 544 valence electrons. The lowest BCUT2D eigenvalue weighted by Gasteiger charge is -2.36. The summed E-state index contributed by atoms with van der Waals surface area (Å²) < 4.78 is 75.4. The Kier molecular flexibility index (Phi) is 27.4. The highest BCUT2D eigenvalue weighted by Gasteiger charge is 2.51. The Morgan fingerprint density at radius 3 is 1.73 bits per heavy atom. The van der Waals surface area contributed by atoms with Gasteiger partial charge in [0.2, 0.25) is 59.0 Å². The predicted octanol–water partition coefficient (Wildman–Crippen LogP) is -4.44. The Labute approximate surface area is 565 Å². The van der Waals surface area contributed by atoms with Crippen LogP contribution in [0.2, 0.25) is 0 Å². The van der Waals surface area contributed by atoms with Crippen molar-refractivity contribution in [1.82, 2.24) is 46.6 Å². The normalized spacial score (nSPS) is 21.3. The zero-order chi connectivity index (χ0) is 72.5. The third-order valence-corrected chi connectivity index (χ3v) is 18.5. The average Bonchev–Trinajstić information content (AvgIpc) is 1.70. The number of likely N-dealkylation sites (tertiary alicyclic amines) is 3. The predicted molar refractivity (Wildman–Crippen MR) is 344 cm³/mol. The molecule has 3 aliphatic heterocycles. The molecular formula is C62H88F5N19O13. The summed E-state index contributed by atoms with van der Waals surface area (Å²) in [6, 6.07) is -7.83. The number of nitrogens with two attached hydrogens (primary N) is 7. The van der Waals surface area contributed by atoms with Crippen LogP contribution in [0.4, 0.5) is 22.0 Å². The fraction of sp³-hybridized carbons (Fsp3) is 0.597. The molecule has 23 N–H and O–H groups in total. The van der Waals surface area contributed by atoms with Gasteiger partial charge in [0, 0.05) is 57.2 Å². The van der Waals surface area contributed by atoms with Crippen LogP contribution < -0.4 is 72.0 Å². The number of hydrogen-bond donors (Lipinski definition) is 16. The van der Waals surface area contributed by atoms with Crippen LogP contribution >= 0.6 is 0 Å². The van der Waals surface area contributed by atoms with E-state index in [1.807, 2.05) is 0 Å². The number of amides is 9. The quantitative estimate of drug-likeness (QED) is 0.00821. The zero-order valence-corrected chi connectivity index (χ0v) is 54.3. The van der Waals surface area contributed by atoms with Crippen LogP contribution in [-0.2, 0) is 67.2 Å². The van der Waals surface area contributed by atoms with Gasteiger partial charge in [-0.3, -0.25) is 58.1 Å². The number of benzene rings is 2. The van der Waals surface area contributed by atoms with Gasteiger partial charge in [-0.15, -0.1) is 0 Å². The molecule has 0 aromatic heterocycles. The van der Waals surface area contributed by atoms with Gasteiger partial charge in [0.05, 0.1) is 25.3 Å². The van der Waals surface area contributed by atoms with E-state index in [0.717, 1.165) is 20.9 Å². The number of aliphatic hydroxyl groups is 2. The van der Waals surface area contributed by atoms with Crippen molar-refractivity contribution in [2.45, 2.75) is 176 Å². The Bertz CT molecular complexity index is 3360. The van der Waals surface area contributed by atoms with Gasteiger partial charge in [-0.2, -0.15) is 0 Å². The van der Waals surface area contributed by atoms with Gasteiger partial charge < -0.3 is 102 Å². The third kappa shape index (κ3) is 19.9. The Morgan fingerprint density at radius 2 is 1.14 bits per heavy atom. The highest BCUT2D eigenvalue weighted by atomic mass is 19.2. The van der Waals surface area contributed by atoms with E-state index in [0.29, 0.717) is 32.1 Å². The highest BCUT2D eigenvalue weighted by molar-refractivity contribution is 5.99. The molecule has 2 aromatic carbocycles. The summed E-state index contributed by atoms with van der Waals surface area (Å²) in [5.41, 5.74) is 38.6. The van der Waals surface area contributed by atoms with E-state index in [-0.39, 0.29) is 121 Å². The summed E-state index contributed by atoms with van der Waals surface area (Å²) in [5.74, 6) is -24.3. The fourth-order valence-corrected chi connectivity index (χ4v) is 13.6. The van der Waals surface area contributed by atoms with Crippen molar-refractivity contribution in [3.05, 3.63) is 70.0 Å². The third-order valence-electron chi connectivity index (χ3n) is 18.5. The maximum Gasteiger partial charge on any atom is 0.326 e. The van der Waals surface area contributed by atoms with Gasteiger partial charge in [0.15, 0.2) is 41.1 Å². The summed E-state index contributed by atoms with van der Waals surface area (Å²) in [6.07, 6.45) is 0.0197. The number of carbonyl (C=O) groups excluding carboxylic acids is 9. The highest BCUT2D eigenvalue weighted by Crippen LogP contribution is 2.41. The first-order valence-electron chi connectivity index (χ1n) is 32.7. The topological polar surface area (TPSA) is 533 Å². The molecule has 32 nitrogen and oxygen atoms in total. The molecule has 0 radical (unpaired) electrons. The number of rotatable bonds is 32. The van der Waals surface area contributed by atoms with Crippen molar-refractivity contribution in [2.24, 2.45) is 66.9 Å². The summed E-state index contributed by atoms with van der Waals surface area (Å²) >= 11 is 0. The molecule has 5 aliphatic rings. The van der Waals surface area contributed by atoms with Gasteiger partial charge in [0.1, 0.15) is 48.3 Å². The second-order valence-electron chi connectivity index (χ2n) is 25.4. The summed E-state index contributed by atoms with van der Waals surface area (Å²) in [7, 11) is 0. The number of aliphatic hydroxyl groups excluding tert-OH is 2. The summed E-state index contributed by atoms with van der Waals surface area (Å²) in [4.78, 5) is 156. The second kappa shape index (κ2) is 35.3. The number of aliphatic carboxylic acids is 1. The van der Waals surface area contributed by atoms with Crippen molar-refractivity contribution in [3.8, 4) is 0 Å². The Morgan fingerprint density at radius 1 is 0.586 bits per heavy atom. The first-order valence-corrected chi connectivity index (χ1v) is 32.7.